The van der Waals surface area contributed by atoms with Gasteiger partial charge in [0.2, 0.25) is 0 Å². The molecule has 0 saturated heterocycles. The Morgan fingerprint density at radius 3 is 2.41 bits per heavy atom. The van der Waals surface area contributed by atoms with Crippen LogP contribution in [0.3, 0.4) is 0 Å². The summed E-state index contributed by atoms with van der Waals surface area (Å²) in [6, 6.07) is 6.45. The Balaban J connectivity index is 2.50. The van der Waals surface area contributed by atoms with Crippen LogP contribution in [-0.2, 0) is 0 Å². The maximum atomic E-state index is 5.74. The van der Waals surface area contributed by atoms with Gasteiger partial charge in [-0.1, -0.05) is 18.2 Å². The molecule has 90 valence electrons. The van der Waals surface area contributed by atoms with Gasteiger partial charge in [-0.3, -0.25) is 5.84 Å². The molecule has 0 amide bonds. The summed E-state index contributed by atoms with van der Waals surface area (Å²) in [5.74, 6) is 5.74. The Kier molecular flexibility index (Phi) is 3.62. The van der Waals surface area contributed by atoms with E-state index in [9.17, 15) is 0 Å². The summed E-state index contributed by atoms with van der Waals surface area (Å²) in [4.78, 5) is 0. The molecule has 0 saturated carbocycles. The third-order valence-corrected chi connectivity index (χ3v) is 4.21. The second-order valence-electron chi connectivity index (χ2n) is 4.40. The quantitative estimate of drug-likeness (QED) is 0.644. The Morgan fingerprint density at radius 2 is 1.82 bits per heavy atom. The van der Waals surface area contributed by atoms with E-state index >= 15 is 0 Å². The summed E-state index contributed by atoms with van der Waals surface area (Å²) in [6.07, 6.45) is 0. The highest BCUT2D eigenvalue weighted by molar-refractivity contribution is 7.08. The van der Waals surface area contributed by atoms with Crippen molar-refractivity contribution in [3.8, 4) is 0 Å². The molecule has 17 heavy (non-hydrogen) atoms. The van der Waals surface area contributed by atoms with Crippen LogP contribution < -0.4 is 11.3 Å². The number of hydrogen-bond donors (Lipinski definition) is 2. The van der Waals surface area contributed by atoms with Gasteiger partial charge >= 0.3 is 0 Å². The fourth-order valence-electron chi connectivity index (χ4n) is 2.10. The fraction of sp³-hybridized carbons (Fsp3) is 0.286. The van der Waals surface area contributed by atoms with Crippen molar-refractivity contribution in [1.29, 1.82) is 0 Å². The summed E-state index contributed by atoms with van der Waals surface area (Å²) < 4.78 is 0. The van der Waals surface area contributed by atoms with Gasteiger partial charge in [0.05, 0.1) is 6.04 Å². The highest BCUT2D eigenvalue weighted by Gasteiger charge is 2.17. The molecule has 0 fully saturated rings. The minimum absolute atomic E-state index is 0.0844. The van der Waals surface area contributed by atoms with Crippen LogP contribution in [0.2, 0.25) is 0 Å². The van der Waals surface area contributed by atoms with E-state index in [-0.39, 0.29) is 6.04 Å². The summed E-state index contributed by atoms with van der Waals surface area (Å²) >= 11 is 1.72. The van der Waals surface area contributed by atoms with E-state index in [1.807, 2.05) is 0 Å². The van der Waals surface area contributed by atoms with Gasteiger partial charge in [-0.05, 0) is 59.3 Å². The van der Waals surface area contributed by atoms with E-state index in [4.69, 9.17) is 5.84 Å². The molecule has 0 aliphatic carbocycles. The molecule has 3 heteroatoms. The van der Waals surface area contributed by atoms with E-state index in [2.05, 4.69) is 55.2 Å². The number of nitrogens with two attached hydrogens (primary N) is 1. The molecule has 3 N–H and O–H groups in total. The van der Waals surface area contributed by atoms with Crippen LogP contribution in [0.5, 0.6) is 0 Å². The molecule has 1 aromatic carbocycles. The molecule has 1 atom stereocenters. The Bertz CT molecular complexity index is 517. The number of hydrogen-bond acceptors (Lipinski definition) is 3. The third kappa shape index (κ3) is 2.27. The normalized spacial score (nSPS) is 12.7. The zero-order valence-electron chi connectivity index (χ0n) is 10.4. The van der Waals surface area contributed by atoms with Crippen LogP contribution >= 0.6 is 11.3 Å². The molecule has 0 bridgehead atoms. The zero-order valence-corrected chi connectivity index (χ0v) is 11.3. The summed E-state index contributed by atoms with van der Waals surface area (Å²) in [5.41, 5.74) is 9.36. The summed E-state index contributed by atoms with van der Waals surface area (Å²) in [7, 11) is 0. The predicted octanol–water partition coefficient (Wildman–Crippen LogP) is 3.23. The number of hydrazine groups is 1. The van der Waals surface area contributed by atoms with Crippen molar-refractivity contribution in [3.05, 3.63) is 56.8 Å². The molecule has 0 aliphatic rings. The second kappa shape index (κ2) is 5.00. The molecule has 2 rings (SSSR count). The van der Waals surface area contributed by atoms with Gasteiger partial charge in [-0.15, -0.1) is 0 Å². The predicted molar refractivity (Wildman–Crippen MR) is 74.1 cm³/mol. The molecule has 1 aromatic heterocycles. The first-order valence-corrected chi connectivity index (χ1v) is 6.64. The largest absolute Gasteiger partial charge is 0.271 e. The van der Waals surface area contributed by atoms with E-state index in [0.29, 0.717) is 0 Å². The van der Waals surface area contributed by atoms with Crippen LogP contribution in [0.4, 0.5) is 0 Å². The van der Waals surface area contributed by atoms with Crippen molar-refractivity contribution in [1.82, 2.24) is 5.43 Å². The number of benzene rings is 1. The van der Waals surface area contributed by atoms with E-state index in [1.165, 1.54) is 27.8 Å². The lowest BCUT2D eigenvalue weighted by Gasteiger charge is -2.20. The van der Waals surface area contributed by atoms with Crippen molar-refractivity contribution in [2.45, 2.75) is 26.8 Å². The van der Waals surface area contributed by atoms with E-state index in [1.54, 1.807) is 11.3 Å². The highest BCUT2D eigenvalue weighted by atomic mass is 32.1. The monoisotopic (exact) mass is 246 g/mol. The molecule has 1 unspecified atom stereocenters. The van der Waals surface area contributed by atoms with Gasteiger partial charge in [-0.2, -0.15) is 11.3 Å². The minimum Gasteiger partial charge on any atom is -0.271 e. The van der Waals surface area contributed by atoms with E-state index in [0.717, 1.165) is 0 Å². The lowest BCUT2D eigenvalue weighted by molar-refractivity contribution is 0.632. The smallest absolute Gasteiger partial charge is 0.0723 e. The van der Waals surface area contributed by atoms with Gasteiger partial charge in [0.25, 0.3) is 0 Å². The van der Waals surface area contributed by atoms with Gasteiger partial charge in [0.1, 0.15) is 0 Å². The van der Waals surface area contributed by atoms with Crippen molar-refractivity contribution in [2.24, 2.45) is 5.84 Å². The first-order valence-electron chi connectivity index (χ1n) is 5.70. The Morgan fingerprint density at radius 1 is 1.06 bits per heavy atom. The first kappa shape index (κ1) is 12.3. The van der Waals surface area contributed by atoms with Crippen LogP contribution in [0.1, 0.15) is 33.9 Å². The zero-order chi connectivity index (χ0) is 12.4. The van der Waals surface area contributed by atoms with Crippen LogP contribution in [0.25, 0.3) is 0 Å². The SMILES string of the molecule is Cc1cscc1C(NN)c1cccc(C)c1C. The van der Waals surface area contributed by atoms with Crippen molar-refractivity contribution in [2.75, 3.05) is 0 Å². The van der Waals surface area contributed by atoms with Crippen LogP contribution in [0, 0.1) is 20.8 Å². The topological polar surface area (TPSA) is 38.0 Å². The van der Waals surface area contributed by atoms with Crippen molar-refractivity contribution < 1.29 is 0 Å². The van der Waals surface area contributed by atoms with Crippen molar-refractivity contribution in [3.63, 3.8) is 0 Å². The van der Waals surface area contributed by atoms with Gasteiger partial charge in [0, 0.05) is 0 Å². The molecule has 1 heterocycles. The van der Waals surface area contributed by atoms with Crippen LogP contribution in [0.15, 0.2) is 29.0 Å². The van der Waals surface area contributed by atoms with E-state index < -0.39 is 0 Å². The third-order valence-electron chi connectivity index (χ3n) is 3.33. The molecular formula is C14H18N2S. The summed E-state index contributed by atoms with van der Waals surface area (Å²) in [5, 5.41) is 4.33. The van der Waals surface area contributed by atoms with Gasteiger partial charge in [0.15, 0.2) is 0 Å². The first-order chi connectivity index (χ1) is 8.15. The molecule has 0 spiro atoms. The molecule has 2 aromatic rings. The van der Waals surface area contributed by atoms with Crippen LogP contribution in [-0.4, -0.2) is 0 Å². The fourth-order valence-corrected chi connectivity index (χ4v) is 2.98. The lowest BCUT2D eigenvalue weighted by atomic mass is 9.93. The van der Waals surface area contributed by atoms with Gasteiger partial charge in [-0.25, -0.2) is 5.43 Å². The maximum Gasteiger partial charge on any atom is 0.0723 e. The number of aryl methyl sites for hydroxylation is 2. The summed E-state index contributed by atoms with van der Waals surface area (Å²) in [6.45, 7) is 6.41. The number of rotatable bonds is 3. The molecule has 0 radical (unpaired) electrons. The molecule has 0 aliphatic heterocycles. The molecular weight excluding hydrogens is 228 g/mol. The average Bonchev–Trinajstić information content (AvgIpc) is 2.72. The molecule has 2 nitrogen and oxygen atoms in total. The highest BCUT2D eigenvalue weighted by Crippen LogP contribution is 2.29. The number of thiophene rings is 1. The second-order valence-corrected chi connectivity index (χ2v) is 5.14. The maximum absolute atomic E-state index is 5.74. The Hall–Kier alpha value is -1.16. The minimum atomic E-state index is 0.0844. The van der Waals surface area contributed by atoms with Gasteiger partial charge < -0.3 is 0 Å². The lowest BCUT2D eigenvalue weighted by Crippen LogP contribution is -2.29. The average molecular weight is 246 g/mol. The Labute approximate surface area is 106 Å². The number of nitrogens with one attached hydrogen (secondary N) is 1. The standard InChI is InChI=1S/C14H18N2S/c1-9-5-4-6-12(11(9)3)14(16-15)13-8-17-7-10(13)2/h4-8,14,16H,15H2,1-3H3. The van der Waals surface area contributed by atoms with Crippen molar-refractivity contribution >= 4 is 11.3 Å².